The molecule has 2 amide bonds. The Morgan fingerprint density at radius 1 is 1.43 bits per heavy atom. The Bertz CT molecular complexity index is 508. The molecule has 21 heavy (non-hydrogen) atoms. The number of benzene rings is 1. The van der Waals surface area contributed by atoms with Gasteiger partial charge in [-0.15, -0.1) is 0 Å². The van der Waals surface area contributed by atoms with Gasteiger partial charge in [0.1, 0.15) is 11.8 Å². The van der Waals surface area contributed by atoms with E-state index in [2.05, 4.69) is 26.6 Å². The maximum absolute atomic E-state index is 11.7. The van der Waals surface area contributed by atoms with E-state index >= 15 is 0 Å². The lowest BCUT2D eigenvalue weighted by Gasteiger charge is -2.14. The SMILES string of the molecule is CCCC(NC(=O)NCc1ccc(OC)c(Br)c1)C(=O)O. The molecule has 0 saturated heterocycles. The van der Waals surface area contributed by atoms with E-state index in [1.807, 2.05) is 19.1 Å². The number of halogens is 1. The van der Waals surface area contributed by atoms with Crippen molar-refractivity contribution in [2.24, 2.45) is 0 Å². The number of urea groups is 1. The zero-order valence-corrected chi connectivity index (χ0v) is 13.6. The summed E-state index contributed by atoms with van der Waals surface area (Å²) in [6.07, 6.45) is 1.08. The maximum Gasteiger partial charge on any atom is 0.326 e. The second-order valence-corrected chi connectivity index (χ2v) is 5.33. The van der Waals surface area contributed by atoms with Crippen molar-refractivity contribution in [1.82, 2.24) is 10.6 Å². The van der Waals surface area contributed by atoms with Gasteiger partial charge >= 0.3 is 12.0 Å². The zero-order valence-electron chi connectivity index (χ0n) is 12.0. The number of carboxylic acids is 1. The van der Waals surface area contributed by atoms with E-state index in [1.165, 1.54) is 0 Å². The standard InChI is InChI=1S/C14H19BrN2O4/c1-3-4-11(13(18)19)17-14(20)16-8-9-5-6-12(21-2)10(15)7-9/h5-7,11H,3-4,8H2,1-2H3,(H,18,19)(H2,16,17,20). The predicted molar refractivity (Wildman–Crippen MR) is 82.4 cm³/mol. The summed E-state index contributed by atoms with van der Waals surface area (Å²) < 4.78 is 5.91. The second-order valence-electron chi connectivity index (χ2n) is 4.48. The van der Waals surface area contributed by atoms with E-state index in [0.29, 0.717) is 25.1 Å². The van der Waals surface area contributed by atoms with Crippen LogP contribution in [0.5, 0.6) is 5.75 Å². The second kappa shape index (κ2) is 8.51. The first-order valence-electron chi connectivity index (χ1n) is 6.57. The van der Waals surface area contributed by atoms with Gasteiger partial charge in [0.15, 0.2) is 0 Å². The molecule has 0 aliphatic heterocycles. The highest BCUT2D eigenvalue weighted by Gasteiger charge is 2.18. The molecular formula is C14H19BrN2O4. The Hall–Kier alpha value is -1.76. The van der Waals surface area contributed by atoms with Gasteiger partial charge in [-0.05, 0) is 40.0 Å². The maximum atomic E-state index is 11.7. The number of nitrogens with one attached hydrogen (secondary N) is 2. The molecule has 0 aliphatic rings. The van der Waals surface area contributed by atoms with E-state index in [9.17, 15) is 9.59 Å². The molecule has 6 nitrogen and oxygen atoms in total. The summed E-state index contributed by atoms with van der Waals surface area (Å²) in [7, 11) is 1.57. The highest BCUT2D eigenvalue weighted by atomic mass is 79.9. The number of carbonyl (C=O) groups is 2. The van der Waals surface area contributed by atoms with Crippen molar-refractivity contribution in [3.8, 4) is 5.75 Å². The number of ether oxygens (including phenoxy) is 1. The molecule has 0 heterocycles. The molecule has 1 atom stereocenters. The van der Waals surface area contributed by atoms with Gasteiger partial charge in [-0.3, -0.25) is 0 Å². The fraction of sp³-hybridized carbons (Fsp3) is 0.429. The molecule has 7 heteroatoms. The first kappa shape index (κ1) is 17.3. The van der Waals surface area contributed by atoms with Crippen LogP contribution >= 0.6 is 15.9 Å². The third-order valence-electron chi connectivity index (χ3n) is 2.85. The molecule has 0 radical (unpaired) electrons. The molecule has 1 unspecified atom stereocenters. The van der Waals surface area contributed by atoms with Crippen molar-refractivity contribution < 1.29 is 19.4 Å². The smallest absolute Gasteiger partial charge is 0.326 e. The quantitative estimate of drug-likeness (QED) is 0.698. The lowest BCUT2D eigenvalue weighted by molar-refractivity contribution is -0.139. The Balaban J connectivity index is 2.52. The van der Waals surface area contributed by atoms with Gasteiger partial charge in [0.2, 0.25) is 0 Å². The highest BCUT2D eigenvalue weighted by Crippen LogP contribution is 2.25. The normalized spacial score (nSPS) is 11.6. The summed E-state index contributed by atoms with van der Waals surface area (Å²) in [5.74, 6) is -0.323. The van der Waals surface area contributed by atoms with Gasteiger partial charge in [-0.1, -0.05) is 19.4 Å². The fourth-order valence-electron chi connectivity index (χ4n) is 1.76. The van der Waals surface area contributed by atoms with Crippen LogP contribution in [0.3, 0.4) is 0 Å². The number of hydrogen-bond acceptors (Lipinski definition) is 3. The first-order chi connectivity index (χ1) is 9.97. The molecule has 1 aromatic rings. The van der Waals surface area contributed by atoms with E-state index in [0.717, 1.165) is 10.0 Å². The van der Waals surface area contributed by atoms with Gasteiger partial charge in [-0.25, -0.2) is 9.59 Å². The lowest BCUT2D eigenvalue weighted by atomic mass is 10.2. The average molecular weight is 359 g/mol. The summed E-state index contributed by atoms with van der Waals surface area (Å²) in [4.78, 5) is 22.6. The number of carboxylic acid groups (broad SMARTS) is 1. The molecule has 116 valence electrons. The number of methoxy groups -OCH3 is 1. The third kappa shape index (κ3) is 5.63. The minimum absolute atomic E-state index is 0.299. The Kier molecular flexibility index (Phi) is 7.01. The van der Waals surface area contributed by atoms with Crippen LogP contribution in [0, 0.1) is 0 Å². The lowest BCUT2D eigenvalue weighted by Crippen LogP contribution is -2.45. The van der Waals surface area contributed by atoms with Crippen LogP contribution in [0.2, 0.25) is 0 Å². The Morgan fingerprint density at radius 2 is 2.14 bits per heavy atom. The predicted octanol–water partition coefficient (Wildman–Crippen LogP) is 2.51. The van der Waals surface area contributed by atoms with Crippen molar-refractivity contribution >= 4 is 27.9 Å². The van der Waals surface area contributed by atoms with Crippen molar-refractivity contribution in [1.29, 1.82) is 0 Å². The van der Waals surface area contributed by atoms with Crippen molar-refractivity contribution in [2.75, 3.05) is 7.11 Å². The monoisotopic (exact) mass is 358 g/mol. The number of carbonyl (C=O) groups excluding carboxylic acids is 1. The average Bonchev–Trinajstić information content (AvgIpc) is 2.44. The van der Waals surface area contributed by atoms with Crippen molar-refractivity contribution in [3.63, 3.8) is 0 Å². The molecule has 0 saturated carbocycles. The summed E-state index contributed by atoms with van der Waals surface area (Å²) in [6.45, 7) is 2.16. The van der Waals surface area contributed by atoms with Crippen LogP contribution in [0.15, 0.2) is 22.7 Å². The summed E-state index contributed by atoms with van der Waals surface area (Å²) in [5.41, 5.74) is 0.875. The van der Waals surface area contributed by atoms with E-state index in [4.69, 9.17) is 9.84 Å². The zero-order chi connectivity index (χ0) is 15.8. The van der Waals surface area contributed by atoms with E-state index in [-0.39, 0.29) is 0 Å². The van der Waals surface area contributed by atoms with Crippen LogP contribution in [-0.2, 0) is 11.3 Å². The largest absolute Gasteiger partial charge is 0.496 e. The molecule has 0 spiro atoms. The molecule has 3 N–H and O–H groups in total. The van der Waals surface area contributed by atoms with Crippen molar-refractivity contribution in [3.05, 3.63) is 28.2 Å². The van der Waals surface area contributed by atoms with Crippen LogP contribution in [0.4, 0.5) is 4.79 Å². The Labute approximate surface area is 132 Å². The topological polar surface area (TPSA) is 87.7 Å². The minimum Gasteiger partial charge on any atom is -0.496 e. The minimum atomic E-state index is -1.03. The molecule has 0 aromatic heterocycles. The van der Waals surface area contributed by atoms with Gasteiger partial charge < -0.3 is 20.5 Å². The van der Waals surface area contributed by atoms with Gasteiger partial charge in [-0.2, -0.15) is 0 Å². The Morgan fingerprint density at radius 3 is 2.67 bits per heavy atom. The van der Waals surface area contributed by atoms with Gasteiger partial charge in [0.05, 0.1) is 11.6 Å². The molecule has 0 aliphatic carbocycles. The number of amides is 2. The van der Waals surface area contributed by atoms with Crippen LogP contribution in [0.25, 0.3) is 0 Å². The summed E-state index contributed by atoms with van der Waals surface area (Å²) in [6, 6.07) is 4.08. The number of hydrogen-bond donors (Lipinski definition) is 3. The molecule has 1 rings (SSSR count). The number of aliphatic carboxylic acids is 1. The first-order valence-corrected chi connectivity index (χ1v) is 7.36. The van der Waals surface area contributed by atoms with Crippen LogP contribution < -0.4 is 15.4 Å². The third-order valence-corrected chi connectivity index (χ3v) is 3.47. The molecular weight excluding hydrogens is 340 g/mol. The van der Waals surface area contributed by atoms with Gasteiger partial charge in [0, 0.05) is 6.54 Å². The summed E-state index contributed by atoms with van der Waals surface area (Å²) >= 11 is 3.36. The van der Waals surface area contributed by atoms with Crippen LogP contribution in [-0.4, -0.2) is 30.3 Å². The van der Waals surface area contributed by atoms with E-state index < -0.39 is 18.0 Å². The number of rotatable bonds is 7. The van der Waals surface area contributed by atoms with Gasteiger partial charge in [0.25, 0.3) is 0 Å². The molecule has 0 bridgehead atoms. The highest BCUT2D eigenvalue weighted by molar-refractivity contribution is 9.10. The summed E-state index contributed by atoms with van der Waals surface area (Å²) in [5, 5.41) is 14.0. The molecule has 1 aromatic carbocycles. The van der Waals surface area contributed by atoms with E-state index in [1.54, 1.807) is 13.2 Å². The molecule has 0 fully saturated rings. The van der Waals surface area contributed by atoms with Crippen molar-refractivity contribution in [2.45, 2.75) is 32.4 Å². The fourth-order valence-corrected chi connectivity index (χ4v) is 2.35. The van der Waals surface area contributed by atoms with Crippen LogP contribution in [0.1, 0.15) is 25.3 Å².